The Morgan fingerprint density at radius 2 is 2.36 bits per heavy atom. The minimum Gasteiger partial charge on any atom is -0.340 e. The second-order valence-electron chi connectivity index (χ2n) is 3.20. The summed E-state index contributed by atoms with van der Waals surface area (Å²) in [5.41, 5.74) is 1.96. The van der Waals surface area contributed by atoms with Crippen LogP contribution in [0.15, 0.2) is 28.4 Å². The third kappa shape index (κ3) is 2.74. The summed E-state index contributed by atoms with van der Waals surface area (Å²) in [4.78, 5) is 6.23. The van der Waals surface area contributed by atoms with Gasteiger partial charge in [0.05, 0.1) is 12.4 Å². The van der Waals surface area contributed by atoms with Crippen molar-refractivity contribution >= 4 is 6.34 Å². The van der Waals surface area contributed by atoms with Crippen LogP contribution >= 0.6 is 0 Å². The Kier molecular flexibility index (Phi) is 3.93. The van der Waals surface area contributed by atoms with Gasteiger partial charge in [-0.15, -0.1) is 0 Å². The summed E-state index contributed by atoms with van der Waals surface area (Å²) >= 11 is 0. The van der Waals surface area contributed by atoms with Gasteiger partial charge in [-0.2, -0.15) is 5.26 Å². The molecule has 0 aromatic heterocycles. The van der Waals surface area contributed by atoms with Gasteiger partial charge in [-0.05, 0) is 18.6 Å². The highest BCUT2D eigenvalue weighted by Crippen LogP contribution is 2.09. The predicted molar refractivity (Wildman–Crippen MR) is 57.8 cm³/mol. The summed E-state index contributed by atoms with van der Waals surface area (Å²) in [5, 5.41) is 8.81. The maximum atomic E-state index is 8.81. The zero-order valence-electron chi connectivity index (χ0n) is 8.70. The van der Waals surface area contributed by atoms with E-state index in [1.54, 1.807) is 0 Å². The molecule has 14 heavy (non-hydrogen) atoms. The number of allylic oxidation sites excluding steroid dienone is 3. The topological polar surface area (TPSA) is 39.4 Å². The van der Waals surface area contributed by atoms with E-state index in [1.165, 1.54) is 5.70 Å². The van der Waals surface area contributed by atoms with E-state index < -0.39 is 0 Å². The van der Waals surface area contributed by atoms with E-state index >= 15 is 0 Å². The summed E-state index contributed by atoms with van der Waals surface area (Å²) in [6.07, 6.45) is 7.38. The van der Waals surface area contributed by atoms with Crippen molar-refractivity contribution < 1.29 is 0 Å². The fourth-order valence-electron chi connectivity index (χ4n) is 1.30. The molecule has 74 valence electrons. The van der Waals surface area contributed by atoms with Gasteiger partial charge >= 0.3 is 0 Å². The van der Waals surface area contributed by atoms with E-state index in [0.29, 0.717) is 6.54 Å². The van der Waals surface area contributed by atoms with Gasteiger partial charge in [0.2, 0.25) is 0 Å². The van der Waals surface area contributed by atoms with E-state index in [-0.39, 0.29) is 0 Å². The monoisotopic (exact) mass is 189 g/mol. The van der Waals surface area contributed by atoms with Crippen LogP contribution in [0.25, 0.3) is 0 Å². The first kappa shape index (κ1) is 10.5. The van der Waals surface area contributed by atoms with Gasteiger partial charge in [0.15, 0.2) is 0 Å². The molecule has 0 saturated carbocycles. The van der Waals surface area contributed by atoms with Gasteiger partial charge in [-0.1, -0.05) is 6.92 Å². The number of rotatable bonds is 1. The second kappa shape index (κ2) is 5.23. The van der Waals surface area contributed by atoms with Crippen LogP contribution in [0.5, 0.6) is 0 Å². The minimum absolute atomic E-state index is 0.689. The van der Waals surface area contributed by atoms with Crippen LogP contribution in [-0.2, 0) is 0 Å². The quantitative estimate of drug-likeness (QED) is 0.633. The molecule has 0 fully saturated rings. The predicted octanol–water partition coefficient (Wildman–Crippen LogP) is 2.09. The molecule has 1 aliphatic rings. The van der Waals surface area contributed by atoms with Crippen molar-refractivity contribution in [2.45, 2.75) is 19.8 Å². The Bertz CT molecular complexity index is 318. The Balaban J connectivity index is 2.93. The SMILES string of the molecule is CC/C1=C\C=C(\C#N)CCN=CN1C. The van der Waals surface area contributed by atoms with Crippen LogP contribution in [0, 0.1) is 11.3 Å². The molecule has 3 heteroatoms. The number of hydrogen-bond acceptors (Lipinski definition) is 3. The second-order valence-corrected chi connectivity index (χ2v) is 3.20. The highest BCUT2D eigenvalue weighted by Gasteiger charge is 2.01. The molecule has 1 aliphatic heterocycles. The molecular weight excluding hydrogens is 174 g/mol. The summed E-state index contributed by atoms with van der Waals surface area (Å²) in [6.45, 7) is 2.78. The van der Waals surface area contributed by atoms with Gasteiger partial charge in [0.25, 0.3) is 0 Å². The lowest BCUT2D eigenvalue weighted by Gasteiger charge is -2.14. The normalized spacial score (nSPS) is 24.8. The van der Waals surface area contributed by atoms with Gasteiger partial charge in [0, 0.05) is 31.3 Å². The number of aliphatic imine (C=N–C) groups is 1. The number of nitriles is 1. The van der Waals surface area contributed by atoms with Crippen molar-refractivity contribution in [2.75, 3.05) is 13.6 Å². The first-order valence-corrected chi connectivity index (χ1v) is 4.80. The Morgan fingerprint density at radius 1 is 1.57 bits per heavy atom. The molecular formula is C11H15N3. The third-order valence-corrected chi connectivity index (χ3v) is 2.20. The van der Waals surface area contributed by atoms with Crippen molar-refractivity contribution in [3.05, 3.63) is 23.4 Å². The van der Waals surface area contributed by atoms with Crippen LogP contribution < -0.4 is 0 Å². The number of hydrogen-bond donors (Lipinski definition) is 0. The van der Waals surface area contributed by atoms with Crippen molar-refractivity contribution in [3.8, 4) is 6.07 Å². The molecule has 0 N–H and O–H groups in total. The Hall–Kier alpha value is -1.56. The van der Waals surface area contributed by atoms with Crippen LogP contribution in [0.2, 0.25) is 0 Å². The highest BCUT2D eigenvalue weighted by molar-refractivity contribution is 5.58. The Morgan fingerprint density at radius 3 is 3.00 bits per heavy atom. The zero-order valence-corrected chi connectivity index (χ0v) is 8.70. The standard InChI is InChI=1S/C11H15N3/c1-3-11-5-4-10(8-12)6-7-13-9-14(11)2/h4-5,9H,3,6-7H2,1-2H3/b10-4+,11-5+,13-9?. The Labute approximate surface area is 85.1 Å². The van der Waals surface area contributed by atoms with Crippen LogP contribution in [0.1, 0.15) is 19.8 Å². The van der Waals surface area contributed by atoms with E-state index in [1.807, 2.05) is 30.4 Å². The smallest absolute Gasteiger partial charge is 0.0947 e. The lowest BCUT2D eigenvalue weighted by atomic mass is 10.2. The number of nitrogens with zero attached hydrogens (tertiary/aromatic N) is 3. The van der Waals surface area contributed by atoms with Gasteiger partial charge in [0.1, 0.15) is 0 Å². The van der Waals surface area contributed by atoms with E-state index in [4.69, 9.17) is 5.26 Å². The van der Waals surface area contributed by atoms with E-state index in [0.717, 1.165) is 18.4 Å². The van der Waals surface area contributed by atoms with Gasteiger partial charge < -0.3 is 4.90 Å². The molecule has 3 nitrogen and oxygen atoms in total. The molecule has 1 rings (SSSR count). The summed E-state index contributed by atoms with van der Waals surface area (Å²) < 4.78 is 0. The maximum absolute atomic E-state index is 8.81. The fourth-order valence-corrected chi connectivity index (χ4v) is 1.30. The summed E-state index contributed by atoms with van der Waals surface area (Å²) in [7, 11) is 1.98. The summed E-state index contributed by atoms with van der Waals surface area (Å²) in [6, 6.07) is 2.18. The zero-order chi connectivity index (χ0) is 10.4. The van der Waals surface area contributed by atoms with E-state index in [9.17, 15) is 0 Å². The maximum Gasteiger partial charge on any atom is 0.0947 e. The molecule has 0 saturated heterocycles. The van der Waals surface area contributed by atoms with Crippen molar-refractivity contribution in [1.29, 1.82) is 5.26 Å². The molecule has 0 aromatic rings. The van der Waals surface area contributed by atoms with Crippen molar-refractivity contribution in [3.63, 3.8) is 0 Å². The van der Waals surface area contributed by atoms with Crippen LogP contribution in [0.3, 0.4) is 0 Å². The van der Waals surface area contributed by atoms with Gasteiger partial charge in [-0.3, -0.25) is 4.99 Å². The molecule has 0 bridgehead atoms. The fraction of sp³-hybridized carbons (Fsp3) is 0.455. The lowest BCUT2D eigenvalue weighted by molar-refractivity contribution is 0.613. The molecule has 0 radical (unpaired) electrons. The molecule has 1 heterocycles. The van der Waals surface area contributed by atoms with Crippen LogP contribution in [0.4, 0.5) is 0 Å². The van der Waals surface area contributed by atoms with Gasteiger partial charge in [-0.25, -0.2) is 0 Å². The lowest BCUT2D eigenvalue weighted by Crippen LogP contribution is -2.14. The average Bonchev–Trinajstić information content (AvgIpc) is 2.29. The van der Waals surface area contributed by atoms with E-state index in [2.05, 4.69) is 18.0 Å². The third-order valence-electron chi connectivity index (χ3n) is 2.20. The molecule has 0 unspecified atom stereocenters. The summed E-state index contributed by atoms with van der Waals surface area (Å²) in [5.74, 6) is 0. The first-order chi connectivity index (χ1) is 6.77. The van der Waals surface area contributed by atoms with Crippen molar-refractivity contribution in [1.82, 2.24) is 4.90 Å². The molecule has 0 aromatic carbocycles. The first-order valence-electron chi connectivity index (χ1n) is 4.80. The minimum atomic E-state index is 0.689. The largest absolute Gasteiger partial charge is 0.340 e. The average molecular weight is 189 g/mol. The van der Waals surface area contributed by atoms with Crippen LogP contribution in [-0.4, -0.2) is 24.8 Å². The highest BCUT2D eigenvalue weighted by atomic mass is 15.1. The molecule has 0 atom stereocenters. The molecule has 0 spiro atoms. The molecule has 0 aliphatic carbocycles. The van der Waals surface area contributed by atoms with Crippen molar-refractivity contribution in [2.24, 2.45) is 4.99 Å². The molecule has 0 amide bonds.